The molecule has 102 valence electrons. The van der Waals surface area contributed by atoms with Crippen molar-refractivity contribution in [2.24, 2.45) is 0 Å². The SMILES string of the molecule is N#Cc1cccc(NC(=O)CCCSc2nccs2)c1. The first-order valence-corrected chi connectivity index (χ1v) is 7.97. The van der Waals surface area contributed by atoms with Gasteiger partial charge in [-0.25, -0.2) is 4.98 Å². The van der Waals surface area contributed by atoms with Gasteiger partial charge < -0.3 is 5.32 Å². The minimum atomic E-state index is -0.0279. The highest BCUT2D eigenvalue weighted by Gasteiger charge is 2.04. The van der Waals surface area contributed by atoms with Gasteiger partial charge in [-0.2, -0.15) is 5.26 Å². The molecule has 0 saturated heterocycles. The highest BCUT2D eigenvalue weighted by atomic mass is 32.2. The van der Waals surface area contributed by atoms with E-state index in [1.54, 1.807) is 53.6 Å². The van der Waals surface area contributed by atoms with Gasteiger partial charge in [0.1, 0.15) is 4.34 Å². The molecule has 0 bridgehead atoms. The molecule has 20 heavy (non-hydrogen) atoms. The number of nitrogens with zero attached hydrogens (tertiary/aromatic N) is 2. The Kier molecular flexibility index (Phi) is 5.59. The van der Waals surface area contributed by atoms with Crippen LogP contribution in [0.3, 0.4) is 0 Å². The van der Waals surface area contributed by atoms with Gasteiger partial charge in [0.05, 0.1) is 11.6 Å². The smallest absolute Gasteiger partial charge is 0.224 e. The molecule has 1 amide bonds. The number of hydrogen-bond acceptors (Lipinski definition) is 5. The summed E-state index contributed by atoms with van der Waals surface area (Å²) in [6, 6.07) is 8.96. The Bertz CT molecular complexity index is 605. The monoisotopic (exact) mass is 303 g/mol. The van der Waals surface area contributed by atoms with E-state index in [0.717, 1.165) is 16.5 Å². The summed E-state index contributed by atoms with van der Waals surface area (Å²) in [5, 5.41) is 13.5. The average molecular weight is 303 g/mol. The first-order chi connectivity index (χ1) is 9.78. The third-order valence-corrected chi connectivity index (χ3v) is 4.51. The Morgan fingerprint density at radius 3 is 3.15 bits per heavy atom. The van der Waals surface area contributed by atoms with Crippen molar-refractivity contribution in [3.8, 4) is 6.07 Å². The minimum absolute atomic E-state index is 0.0279. The Morgan fingerprint density at radius 1 is 1.50 bits per heavy atom. The maximum Gasteiger partial charge on any atom is 0.224 e. The van der Waals surface area contributed by atoms with Crippen molar-refractivity contribution >= 4 is 34.7 Å². The molecule has 2 rings (SSSR count). The first kappa shape index (κ1) is 14.6. The van der Waals surface area contributed by atoms with E-state index in [0.29, 0.717) is 17.7 Å². The highest BCUT2D eigenvalue weighted by Crippen LogP contribution is 2.21. The minimum Gasteiger partial charge on any atom is -0.326 e. The number of amides is 1. The molecule has 1 heterocycles. The van der Waals surface area contributed by atoms with Crippen LogP contribution in [0.2, 0.25) is 0 Å². The summed E-state index contributed by atoms with van der Waals surface area (Å²) in [5.74, 6) is 0.846. The van der Waals surface area contributed by atoms with Crippen LogP contribution in [-0.4, -0.2) is 16.6 Å². The third kappa shape index (κ3) is 4.68. The van der Waals surface area contributed by atoms with Crippen LogP contribution in [-0.2, 0) is 4.79 Å². The average Bonchev–Trinajstić information content (AvgIpc) is 2.97. The maximum absolute atomic E-state index is 11.8. The van der Waals surface area contributed by atoms with Gasteiger partial charge in [0, 0.05) is 29.4 Å². The third-order valence-electron chi connectivity index (χ3n) is 2.46. The fraction of sp³-hybridized carbons (Fsp3) is 0.214. The van der Waals surface area contributed by atoms with Crippen molar-refractivity contribution in [1.82, 2.24) is 4.98 Å². The highest BCUT2D eigenvalue weighted by molar-refractivity contribution is 8.00. The zero-order chi connectivity index (χ0) is 14.2. The van der Waals surface area contributed by atoms with Crippen LogP contribution in [0.25, 0.3) is 0 Å². The molecule has 0 spiro atoms. The van der Waals surface area contributed by atoms with Crippen molar-refractivity contribution in [3.05, 3.63) is 41.4 Å². The van der Waals surface area contributed by atoms with Gasteiger partial charge in [-0.1, -0.05) is 17.8 Å². The number of hydrogen-bond donors (Lipinski definition) is 1. The topological polar surface area (TPSA) is 65.8 Å². The molecule has 1 aromatic heterocycles. The van der Waals surface area contributed by atoms with E-state index in [-0.39, 0.29) is 5.91 Å². The lowest BCUT2D eigenvalue weighted by atomic mass is 10.2. The molecule has 2 aromatic rings. The summed E-state index contributed by atoms with van der Waals surface area (Å²) in [5.41, 5.74) is 1.21. The molecule has 4 nitrogen and oxygen atoms in total. The van der Waals surface area contributed by atoms with Crippen LogP contribution in [0.15, 0.2) is 40.2 Å². The zero-order valence-electron chi connectivity index (χ0n) is 10.7. The summed E-state index contributed by atoms with van der Waals surface area (Å²) < 4.78 is 1.03. The summed E-state index contributed by atoms with van der Waals surface area (Å²) in [6.45, 7) is 0. The molecule has 0 aliphatic carbocycles. The predicted octanol–water partition coefficient (Wildman–Crippen LogP) is 3.53. The van der Waals surface area contributed by atoms with E-state index in [9.17, 15) is 4.79 Å². The van der Waals surface area contributed by atoms with Crippen molar-refractivity contribution in [1.29, 1.82) is 5.26 Å². The van der Waals surface area contributed by atoms with E-state index in [4.69, 9.17) is 5.26 Å². The van der Waals surface area contributed by atoms with Crippen molar-refractivity contribution in [2.45, 2.75) is 17.2 Å². The lowest BCUT2D eigenvalue weighted by Gasteiger charge is -2.05. The second-order valence-corrected chi connectivity index (χ2v) is 6.23. The molecule has 0 aliphatic heterocycles. The van der Waals surface area contributed by atoms with Gasteiger partial charge in [0.2, 0.25) is 5.91 Å². The first-order valence-electron chi connectivity index (χ1n) is 6.10. The number of benzene rings is 1. The van der Waals surface area contributed by atoms with Crippen LogP contribution >= 0.6 is 23.1 Å². The van der Waals surface area contributed by atoms with Gasteiger partial charge in [-0.15, -0.1) is 11.3 Å². The standard InChI is InChI=1S/C14H13N3OS2/c15-10-11-3-1-4-12(9-11)17-13(18)5-2-7-19-14-16-6-8-20-14/h1,3-4,6,8-9H,2,5,7H2,(H,17,18). The fourth-order valence-electron chi connectivity index (χ4n) is 1.56. The number of nitriles is 1. The van der Waals surface area contributed by atoms with Crippen LogP contribution in [0, 0.1) is 11.3 Å². The number of thioether (sulfide) groups is 1. The summed E-state index contributed by atoms with van der Waals surface area (Å²) in [4.78, 5) is 15.9. The van der Waals surface area contributed by atoms with Gasteiger partial charge in [-0.05, 0) is 24.6 Å². The predicted molar refractivity (Wildman–Crippen MR) is 81.9 cm³/mol. The fourth-order valence-corrected chi connectivity index (χ4v) is 3.21. The second kappa shape index (κ2) is 7.68. The van der Waals surface area contributed by atoms with Gasteiger partial charge in [0.15, 0.2) is 0 Å². The number of thiazole rings is 1. The Labute approximate surface area is 125 Å². The van der Waals surface area contributed by atoms with Gasteiger partial charge >= 0.3 is 0 Å². The lowest BCUT2D eigenvalue weighted by Crippen LogP contribution is -2.11. The lowest BCUT2D eigenvalue weighted by molar-refractivity contribution is -0.116. The molecule has 0 aliphatic rings. The molecule has 0 unspecified atom stereocenters. The van der Waals surface area contributed by atoms with E-state index in [2.05, 4.69) is 10.3 Å². The molecule has 0 atom stereocenters. The number of aromatic nitrogens is 1. The van der Waals surface area contributed by atoms with E-state index in [1.165, 1.54) is 0 Å². The van der Waals surface area contributed by atoms with Crippen molar-refractivity contribution in [3.63, 3.8) is 0 Å². The Hall–Kier alpha value is -1.84. The van der Waals surface area contributed by atoms with Gasteiger partial charge in [0.25, 0.3) is 0 Å². The molecule has 0 fully saturated rings. The quantitative estimate of drug-likeness (QED) is 0.655. The molecule has 6 heteroatoms. The molecule has 1 N–H and O–H groups in total. The maximum atomic E-state index is 11.8. The zero-order valence-corrected chi connectivity index (χ0v) is 12.3. The van der Waals surface area contributed by atoms with Crippen molar-refractivity contribution in [2.75, 3.05) is 11.1 Å². The largest absolute Gasteiger partial charge is 0.326 e. The van der Waals surface area contributed by atoms with E-state index in [1.807, 2.05) is 11.4 Å². The van der Waals surface area contributed by atoms with Gasteiger partial charge in [-0.3, -0.25) is 4.79 Å². The van der Waals surface area contributed by atoms with Crippen molar-refractivity contribution < 1.29 is 4.79 Å². The normalized spacial score (nSPS) is 9.95. The summed E-state index contributed by atoms with van der Waals surface area (Å²) in [6.07, 6.45) is 3.05. The molecular formula is C14H13N3OS2. The van der Waals surface area contributed by atoms with E-state index >= 15 is 0 Å². The molecule has 1 aromatic carbocycles. The summed E-state index contributed by atoms with van der Waals surface area (Å²) in [7, 11) is 0. The number of nitrogens with one attached hydrogen (secondary N) is 1. The van der Waals surface area contributed by atoms with Crippen LogP contribution in [0.5, 0.6) is 0 Å². The second-order valence-electron chi connectivity index (χ2n) is 3.99. The molecular weight excluding hydrogens is 290 g/mol. The van der Waals surface area contributed by atoms with Crippen LogP contribution < -0.4 is 5.32 Å². The Balaban J connectivity index is 1.71. The Morgan fingerprint density at radius 2 is 2.40 bits per heavy atom. The number of carbonyl (C=O) groups excluding carboxylic acids is 1. The number of anilines is 1. The number of carbonyl (C=O) groups is 1. The number of rotatable bonds is 6. The molecule has 0 radical (unpaired) electrons. The van der Waals surface area contributed by atoms with Crippen LogP contribution in [0.4, 0.5) is 5.69 Å². The molecule has 0 saturated carbocycles. The van der Waals surface area contributed by atoms with Crippen LogP contribution in [0.1, 0.15) is 18.4 Å². The summed E-state index contributed by atoms with van der Waals surface area (Å²) >= 11 is 3.27. The van der Waals surface area contributed by atoms with E-state index < -0.39 is 0 Å².